The molecule has 192 valence electrons. The standard InChI is InChI=1S/2C14H28O2.Sr/c2*1-2-3-4-5-6-7-8-9-10-11-12-13-14(15)16;/h2*2-13H2,1H3,(H,15,16);/q;;+2/p-2. The van der Waals surface area contributed by atoms with E-state index in [1.165, 1.54) is 116 Å². The van der Waals surface area contributed by atoms with Gasteiger partial charge in [0.1, 0.15) is 0 Å². The summed E-state index contributed by atoms with van der Waals surface area (Å²) in [6, 6.07) is 0. The molecule has 0 atom stereocenters. The van der Waals surface area contributed by atoms with Gasteiger partial charge in [-0.05, 0) is 25.7 Å². The molecule has 0 rings (SSSR count). The first-order valence-corrected chi connectivity index (χ1v) is 13.9. The van der Waals surface area contributed by atoms with E-state index in [1.807, 2.05) is 0 Å². The topological polar surface area (TPSA) is 80.3 Å². The molecular formula is C28H54O4Sr. The molecule has 0 bridgehead atoms. The Morgan fingerprint density at radius 2 is 0.576 bits per heavy atom. The van der Waals surface area contributed by atoms with Crippen LogP contribution in [0.2, 0.25) is 0 Å². The monoisotopic (exact) mass is 542 g/mol. The molecule has 0 aliphatic rings. The first-order chi connectivity index (χ1) is 15.5. The van der Waals surface area contributed by atoms with E-state index in [-0.39, 0.29) is 58.3 Å². The van der Waals surface area contributed by atoms with Gasteiger partial charge in [0, 0.05) is 11.9 Å². The zero-order chi connectivity index (χ0) is 24.1. The summed E-state index contributed by atoms with van der Waals surface area (Å²) in [5, 5.41) is 20.3. The fourth-order valence-corrected chi connectivity index (χ4v) is 3.87. The molecule has 0 saturated carbocycles. The van der Waals surface area contributed by atoms with Gasteiger partial charge in [-0.25, -0.2) is 0 Å². The van der Waals surface area contributed by atoms with Crippen LogP contribution in [0.3, 0.4) is 0 Å². The molecule has 0 aromatic carbocycles. The van der Waals surface area contributed by atoms with Gasteiger partial charge in [0.25, 0.3) is 0 Å². The van der Waals surface area contributed by atoms with Crippen molar-refractivity contribution in [3.8, 4) is 0 Å². The van der Waals surface area contributed by atoms with E-state index in [0.717, 1.165) is 25.7 Å². The number of carbonyl (C=O) groups is 2. The Morgan fingerprint density at radius 3 is 0.758 bits per heavy atom. The van der Waals surface area contributed by atoms with Crippen molar-refractivity contribution in [3.05, 3.63) is 0 Å². The summed E-state index contributed by atoms with van der Waals surface area (Å²) in [5.74, 6) is -1.81. The number of unbranched alkanes of at least 4 members (excludes halogenated alkanes) is 20. The van der Waals surface area contributed by atoms with Crippen molar-refractivity contribution >= 4 is 57.4 Å². The van der Waals surface area contributed by atoms with Gasteiger partial charge in [0.2, 0.25) is 0 Å². The van der Waals surface area contributed by atoms with Crippen molar-refractivity contribution in [3.63, 3.8) is 0 Å². The zero-order valence-electron chi connectivity index (χ0n) is 22.3. The number of hydrogen-bond donors (Lipinski definition) is 0. The SMILES string of the molecule is CCCCCCCCCCCCCC(=O)[O-].CCCCCCCCCCCCCC(=O)[O-].[Sr+2]. The molecule has 0 aliphatic heterocycles. The van der Waals surface area contributed by atoms with Crippen LogP contribution >= 0.6 is 0 Å². The quantitative estimate of drug-likeness (QED) is 0.103. The molecular weight excluding hydrogens is 488 g/mol. The predicted molar refractivity (Wildman–Crippen MR) is 138 cm³/mol. The fraction of sp³-hybridized carbons (Fsp3) is 0.929. The second kappa shape index (κ2) is 34.6. The number of carboxylic acid groups (broad SMARTS) is 2. The molecule has 0 aliphatic carbocycles. The van der Waals surface area contributed by atoms with Gasteiger partial charge < -0.3 is 19.8 Å². The molecule has 0 aromatic heterocycles. The maximum atomic E-state index is 10.1. The third-order valence-electron chi connectivity index (χ3n) is 5.97. The van der Waals surface area contributed by atoms with Crippen molar-refractivity contribution in [1.82, 2.24) is 0 Å². The second-order valence-electron chi connectivity index (χ2n) is 9.32. The molecule has 0 amide bonds. The fourth-order valence-electron chi connectivity index (χ4n) is 3.87. The van der Waals surface area contributed by atoms with Crippen LogP contribution in [0.5, 0.6) is 0 Å². The van der Waals surface area contributed by atoms with E-state index >= 15 is 0 Å². The van der Waals surface area contributed by atoms with Crippen molar-refractivity contribution in [2.24, 2.45) is 0 Å². The molecule has 0 aromatic rings. The Labute approximate surface area is 243 Å². The molecule has 33 heavy (non-hydrogen) atoms. The summed E-state index contributed by atoms with van der Waals surface area (Å²) < 4.78 is 0. The van der Waals surface area contributed by atoms with Crippen LogP contribution < -0.4 is 10.2 Å². The Hall–Kier alpha value is 0.421. The van der Waals surface area contributed by atoms with Crippen molar-refractivity contribution < 1.29 is 19.8 Å². The first-order valence-electron chi connectivity index (χ1n) is 13.9. The van der Waals surface area contributed by atoms with E-state index < -0.39 is 11.9 Å². The normalized spacial score (nSPS) is 10.2. The molecule has 0 heterocycles. The van der Waals surface area contributed by atoms with Gasteiger partial charge in [-0.2, -0.15) is 0 Å². The second-order valence-corrected chi connectivity index (χ2v) is 9.32. The van der Waals surface area contributed by atoms with Crippen LogP contribution in [0.15, 0.2) is 0 Å². The van der Waals surface area contributed by atoms with Crippen LogP contribution in [-0.4, -0.2) is 57.4 Å². The minimum Gasteiger partial charge on any atom is -0.550 e. The molecule has 0 spiro atoms. The van der Waals surface area contributed by atoms with Crippen LogP contribution in [0.4, 0.5) is 0 Å². The van der Waals surface area contributed by atoms with Crippen molar-refractivity contribution in [2.75, 3.05) is 0 Å². The molecule has 0 N–H and O–H groups in total. The zero-order valence-corrected chi connectivity index (χ0v) is 25.8. The van der Waals surface area contributed by atoms with Crippen molar-refractivity contribution in [1.29, 1.82) is 0 Å². The number of aliphatic carboxylic acids is 2. The summed E-state index contributed by atoms with van der Waals surface area (Å²) in [5.41, 5.74) is 0. The summed E-state index contributed by atoms with van der Waals surface area (Å²) in [6.45, 7) is 4.49. The Balaban J connectivity index is -0.000000529. The van der Waals surface area contributed by atoms with E-state index in [1.54, 1.807) is 0 Å². The average molecular weight is 542 g/mol. The van der Waals surface area contributed by atoms with Gasteiger partial charge in [-0.15, -0.1) is 0 Å². The van der Waals surface area contributed by atoms with E-state index in [4.69, 9.17) is 0 Å². The number of carboxylic acids is 2. The Kier molecular flexibility index (Phi) is 39.8. The Morgan fingerprint density at radius 1 is 0.394 bits per heavy atom. The Bertz CT molecular complexity index is 352. The van der Waals surface area contributed by atoms with Gasteiger partial charge in [0.15, 0.2) is 0 Å². The molecule has 0 unspecified atom stereocenters. The third kappa shape index (κ3) is 43.0. The van der Waals surface area contributed by atoms with Gasteiger partial charge in [-0.1, -0.05) is 142 Å². The van der Waals surface area contributed by atoms with Crippen molar-refractivity contribution in [2.45, 2.75) is 168 Å². The summed E-state index contributed by atoms with van der Waals surface area (Å²) in [7, 11) is 0. The van der Waals surface area contributed by atoms with E-state index in [9.17, 15) is 19.8 Å². The molecule has 0 fully saturated rings. The summed E-state index contributed by atoms with van der Waals surface area (Å²) in [4.78, 5) is 20.3. The minimum absolute atomic E-state index is 0. The van der Waals surface area contributed by atoms with Crippen LogP contribution in [-0.2, 0) is 9.59 Å². The van der Waals surface area contributed by atoms with Crippen LogP contribution in [0, 0.1) is 0 Å². The number of rotatable bonds is 24. The molecule has 5 heteroatoms. The smallest absolute Gasteiger partial charge is 0.550 e. The van der Waals surface area contributed by atoms with Crippen LogP contribution in [0.25, 0.3) is 0 Å². The molecule has 0 saturated heterocycles. The third-order valence-corrected chi connectivity index (χ3v) is 5.97. The average Bonchev–Trinajstić information content (AvgIpc) is 2.76. The molecule has 4 nitrogen and oxygen atoms in total. The summed E-state index contributed by atoms with van der Waals surface area (Å²) in [6.07, 6.45) is 28.1. The van der Waals surface area contributed by atoms with E-state index in [2.05, 4.69) is 13.8 Å². The molecule has 0 radical (unpaired) electrons. The van der Waals surface area contributed by atoms with Gasteiger partial charge in [0.05, 0.1) is 0 Å². The minimum atomic E-state index is -0.907. The van der Waals surface area contributed by atoms with Gasteiger partial charge in [-0.3, -0.25) is 0 Å². The maximum absolute atomic E-state index is 10.1. The number of carbonyl (C=O) groups excluding carboxylic acids is 2. The largest absolute Gasteiger partial charge is 2.00 e. The maximum Gasteiger partial charge on any atom is 2.00 e. The summed E-state index contributed by atoms with van der Waals surface area (Å²) >= 11 is 0. The predicted octanol–water partition coefficient (Wildman–Crippen LogP) is 6.49. The first kappa shape index (κ1) is 38.0. The van der Waals surface area contributed by atoms with Gasteiger partial charge >= 0.3 is 45.5 Å². The number of hydrogen-bond acceptors (Lipinski definition) is 4. The van der Waals surface area contributed by atoms with Crippen LogP contribution in [0.1, 0.15) is 168 Å². The van der Waals surface area contributed by atoms with E-state index in [0.29, 0.717) is 0 Å².